The topological polar surface area (TPSA) is 57.6 Å². The molecule has 0 spiro atoms. The molecule has 0 fully saturated rings. The molecule has 0 aliphatic carbocycles. The normalized spacial score (nSPS) is 17.9. The van der Waals surface area contributed by atoms with Crippen LogP contribution in [0.15, 0.2) is 42.5 Å². The smallest absolute Gasteiger partial charge is 0.239 e. The van der Waals surface area contributed by atoms with Crippen molar-refractivity contribution in [3.63, 3.8) is 0 Å². The number of hydrogen-bond donors (Lipinski definition) is 1. The number of nitrogens with zero attached hydrogens (tertiary/aromatic N) is 1. The summed E-state index contributed by atoms with van der Waals surface area (Å²) >= 11 is 5.85. The summed E-state index contributed by atoms with van der Waals surface area (Å²) < 4.78 is 27.2. The standard InChI is InChI=1S/C17H18ClNO3S/c1-12-3-2-4-15-16(20)9-10-19(17(12)15)23(21,22)11-13-5-7-14(18)8-6-13/h2-8,16,20H,9-11H2,1H3. The first-order valence-corrected chi connectivity index (χ1v) is 9.39. The van der Waals surface area contributed by atoms with E-state index in [2.05, 4.69) is 0 Å². The first-order valence-electron chi connectivity index (χ1n) is 7.41. The molecule has 6 heteroatoms. The van der Waals surface area contributed by atoms with E-state index < -0.39 is 16.1 Å². The maximum Gasteiger partial charge on any atom is 0.239 e. The van der Waals surface area contributed by atoms with E-state index in [1.807, 2.05) is 19.1 Å². The maximum absolute atomic E-state index is 12.9. The van der Waals surface area contributed by atoms with Gasteiger partial charge in [0.15, 0.2) is 0 Å². The second kappa shape index (κ2) is 6.15. The third-order valence-corrected chi connectivity index (χ3v) is 6.07. The van der Waals surface area contributed by atoms with Crippen molar-refractivity contribution in [2.24, 2.45) is 0 Å². The van der Waals surface area contributed by atoms with E-state index in [1.165, 1.54) is 4.31 Å². The number of aryl methyl sites for hydroxylation is 1. The van der Waals surface area contributed by atoms with Crippen molar-refractivity contribution < 1.29 is 13.5 Å². The molecule has 1 heterocycles. The van der Waals surface area contributed by atoms with Crippen LogP contribution in [0.1, 0.15) is 29.2 Å². The van der Waals surface area contributed by atoms with Crippen molar-refractivity contribution in [3.05, 3.63) is 64.2 Å². The van der Waals surface area contributed by atoms with E-state index in [1.54, 1.807) is 30.3 Å². The summed E-state index contributed by atoms with van der Waals surface area (Å²) in [6, 6.07) is 12.3. The van der Waals surface area contributed by atoms with Gasteiger partial charge in [-0.1, -0.05) is 41.9 Å². The number of rotatable bonds is 3. The van der Waals surface area contributed by atoms with Gasteiger partial charge >= 0.3 is 0 Å². The average Bonchev–Trinajstić information content (AvgIpc) is 2.50. The molecule has 0 aromatic heterocycles. The fourth-order valence-corrected chi connectivity index (χ4v) is 4.75. The number of para-hydroxylation sites is 1. The Bertz CT molecular complexity index is 818. The van der Waals surface area contributed by atoms with Gasteiger partial charge in [-0.15, -0.1) is 0 Å². The largest absolute Gasteiger partial charge is 0.388 e. The molecule has 3 rings (SSSR count). The second-order valence-corrected chi connectivity index (χ2v) is 8.10. The Kier molecular flexibility index (Phi) is 4.36. The van der Waals surface area contributed by atoms with Gasteiger partial charge in [-0.3, -0.25) is 4.31 Å². The van der Waals surface area contributed by atoms with Crippen LogP contribution in [0.3, 0.4) is 0 Å². The van der Waals surface area contributed by atoms with Gasteiger partial charge in [0, 0.05) is 17.1 Å². The number of hydrogen-bond acceptors (Lipinski definition) is 3. The Morgan fingerprint density at radius 1 is 1.22 bits per heavy atom. The predicted molar refractivity (Wildman–Crippen MR) is 92.2 cm³/mol. The van der Waals surface area contributed by atoms with Gasteiger partial charge in [0.2, 0.25) is 10.0 Å². The first-order chi connectivity index (χ1) is 10.9. The summed E-state index contributed by atoms with van der Waals surface area (Å²) in [5.74, 6) is -0.0892. The van der Waals surface area contributed by atoms with Crippen LogP contribution < -0.4 is 4.31 Å². The maximum atomic E-state index is 12.9. The molecule has 1 N–H and O–H groups in total. The summed E-state index contributed by atoms with van der Waals surface area (Å²) in [4.78, 5) is 0. The van der Waals surface area contributed by atoms with Gasteiger partial charge in [-0.2, -0.15) is 0 Å². The molecule has 23 heavy (non-hydrogen) atoms. The molecular formula is C17H18ClNO3S. The highest BCUT2D eigenvalue weighted by atomic mass is 35.5. The Morgan fingerprint density at radius 3 is 2.61 bits per heavy atom. The van der Waals surface area contributed by atoms with Gasteiger partial charge in [0.1, 0.15) is 0 Å². The first kappa shape index (κ1) is 16.3. The molecule has 122 valence electrons. The summed E-state index contributed by atoms with van der Waals surface area (Å²) in [5, 5.41) is 10.7. The highest BCUT2D eigenvalue weighted by Crippen LogP contribution is 2.38. The lowest BCUT2D eigenvalue weighted by molar-refractivity contribution is 0.166. The van der Waals surface area contributed by atoms with E-state index >= 15 is 0 Å². The average molecular weight is 352 g/mol. The zero-order valence-corrected chi connectivity index (χ0v) is 14.3. The molecule has 0 radical (unpaired) electrons. The molecule has 4 nitrogen and oxygen atoms in total. The molecule has 0 saturated carbocycles. The SMILES string of the molecule is Cc1cccc2c1N(S(=O)(=O)Cc1ccc(Cl)cc1)CCC2O. The van der Waals surface area contributed by atoms with Gasteiger partial charge in [-0.25, -0.2) is 8.42 Å². The van der Waals surface area contributed by atoms with Crippen LogP contribution >= 0.6 is 11.6 Å². The summed E-state index contributed by atoms with van der Waals surface area (Å²) in [5.41, 5.74) is 2.83. The minimum Gasteiger partial charge on any atom is -0.388 e. The summed E-state index contributed by atoms with van der Waals surface area (Å²) in [7, 11) is -3.53. The molecule has 0 amide bonds. The van der Waals surface area contributed by atoms with Crippen molar-refractivity contribution in [1.29, 1.82) is 0 Å². The third kappa shape index (κ3) is 3.22. The van der Waals surface area contributed by atoms with Gasteiger partial charge in [0.25, 0.3) is 0 Å². The van der Waals surface area contributed by atoms with E-state index in [4.69, 9.17) is 11.6 Å². The van der Waals surface area contributed by atoms with Gasteiger partial charge in [0.05, 0.1) is 17.5 Å². The fourth-order valence-electron chi connectivity index (χ4n) is 2.95. The van der Waals surface area contributed by atoms with E-state index in [0.29, 0.717) is 28.3 Å². The summed E-state index contributed by atoms with van der Waals surface area (Å²) in [6.07, 6.45) is -0.220. The Balaban J connectivity index is 1.98. The number of anilines is 1. The van der Waals surface area contributed by atoms with Crippen molar-refractivity contribution in [2.75, 3.05) is 10.8 Å². The quantitative estimate of drug-likeness (QED) is 0.921. The van der Waals surface area contributed by atoms with E-state index in [0.717, 1.165) is 5.56 Å². The molecule has 1 unspecified atom stereocenters. The monoisotopic (exact) mass is 351 g/mol. The van der Waals surface area contributed by atoms with Crippen molar-refractivity contribution in [1.82, 2.24) is 0 Å². The van der Waals surface area contributed by atoms with Crippen LogP contribution in [-0.2, 0) is 15.8 Å². The van der Waals surface area contributed by atoms with Crippen LogP contribution in [0.5, 0.6) is 0 Å². The third-order valence-electron chi connectivity index (χ3n) is 4.08. The molecule has 0 saturated heterocycles. The predicted octanol–water partition coefficient (Wildman–Crippen LogP) is 3.42. The molecule has 1 aliphatic rings. The Labute approximate surface area is 141 Å². The van der Waals surface area contributed by atoms with Gasteiger partial charge in [-0.05, 0) is 36.6 Å². The molecular weight excluding hydrogens is 334 g/mol. The zero-order valence-electron chi connectivity index (χ0n) is 12.7. The molecule has 2 aromatic carbocycles. The van der Waals surface area contributed by atoms with Crippen LogP contribution in [0.2, 0.25) is 5.02 Å². The molecule has 2 aromatic rings. The zero-order chi connectivity index (χ0) is 16.6. The van der Waals surface area contributed by atoms with Gasteiger partial charge < -0.3 is 5.11 Å². The number of aliphatic hydroxyl groups is 1. The second-order valence-electron chi connectivity index (χ2n) is 5.77. The number of aliphatic hydroxyl groups excluding tert-OH is 1. The molecule has 1 atom stereocenters. The lowest BCUT2D eigenvalue weighted by atomic mass is 9.98. The highest BCUT2D eigenvalue weighted by molar-refractivity contribution is 7.92. The van der Waals surface area contributed by atoms with Crippen LogP contribution in [0.25, 0.3) is 0 Å². The van der Waals surface area contributed by atoms with Crippen LogP contribution in [0, 0.1) is 6.92 Å². The Morgan fingerprint density at radius 2 is 1.91 bits per heavy atom. The van der Waals surface area contributed by atoms with E-state index in [-0.39, 0.29) is 12.3 Å². The lowest BCUT2D eigenvalue weighted by Crippen LogP contribution is -2.38. The fraction of sp³-hybridized carbons (Fsp3) is 0.294. The minimum atomic E-state index is -3.53. The molecule has 0 bridgehead atoms. The number of fused-ring (bicyclic) bond motifs is 1. The number of halogens is 1. The lowest BCUT2D eigenvalue weighted by Gasteiger charge is -2.34. The van der Waals surface area contributed by atoms with E-state index in [9.17, 15) is 13.5 Å². The number of benzene rings is 2. The van der Waals surface area contributed by atoms with Crippen LogP contribution in [0.4, 0.5) is 5.69 Å². The minimum absolute atomic E-state index is 0.0892. The molecule has 1 aliphatic heterocycles. The van der Waals surface area contributed by atoms with Crippen LogP contribution in [-0.4, -0.2) is 20.1 Å². The summed E-state index contributed by atoms with van der Waals surface area (Å²) in [6.45, 7) is 2.15. The van der Waals surface area contributed by atoms with Crippen molar-refractivity contribution in [3.8, 4) is 0 Å². The van der Waals surface area contributed by atoms with Crippen molar-refractivity contribution in [2.45, 2.75) is 25.2 Å². The number of sulfonamides is 1. The highest BCUT2D eigenvalue weighted by Gasteiger charge is 2.32. The van der Waals surface area contributed by atoms with Crippen molar-refractivity contribution >= 4 is 27.3 Å². The Hall–Kier alpha value is -1.56.